The third-order valence-corrected chi connectivity index (χ3v) is 5.88. The minimum absolute atomic E-state index is 0.291. The molecule has 0 saturated heterocycles. The Morgan fingerprint density at radius 1 is 0.875 bits per heavy atom. The molecule has 0 fully saturated rings. The van der Waals surface area contributed by atoms with Crippen molar-refractivity contribution in [3.8, 4) is 27.7 Å². The van der Waals surface area contributed by atoms with Crippen molar-refractivity contribution in [3.63, 3.8) is 0 Å². The molecule has 32 heavy (non-hydrogen) atoms. The van der Waals surface area contributed by atoms with E-state index in [2.05, 4.69) is 17.1 Å². The summed E-state index contributed by atoms with van der Waals surface area (Å²) in [5.74, 6) is 0.739. The van der Waals surface area contributed by atoms with Crippen molar-refractivity contribution in [2.45, 2.75) is 20.5 Å². The largest absolute Gasteiger partial charge is 0.490 e. The topological polar surface area (TPSA) is 66.6 Å². The lowest BCUT2D eigenvalue weighted by Gasteiger charge is -2.06. The number of para-hydroxylation sites is 1. The third-order valence-electron chi connectivity index (χ3n) is 5.00. The molecule has 0 aliphatic carbocycles. The van der Waals surface area contributed by atoms with Crippen LogP contribution in [-0.2, 0) is 16.4 Å². The Hall–Kier alpha value is -3.26. The van der Waals surface area contributed by atoms with E-state index in [0.717, 1.165) is 55.3 Å². The van der Waals surface area contributed by atoms with Crippen LogP contribution in [-0.4, -0.2) is 23.2 Å². The Morgan fingerprint density at radius 2 is 1.78 bits per heavy atom. The Labute approximate surface area is 189 Å². The predicted octanol–water partition coefficient (Wildman–Crippen LogP) is 6.64. The number of hydrogen-bond donors (Lipinski definition) is 0. The lowest BCUT2D eigenvalue weighted by molar-refractivity contribution is -0.301. The number of ether oxygens (including phenoxy) is 1. The maximum Gasteiger partial charge on any atom is 0.177 e. The minimum Gasteiger partial charge on any atom is -0.490 e. The second-order valence-electron chi connectivity index (χ2n) is 7.07. The molecule has 0 saturated carbocycles. The van der Waals surface area contributed by atoms with E-state index in [1.165, 1.54) is 0 Å². The number of aromatic nitrogens is 2. The third kappa shape index (κ3) is 3.86. The van der Waals surface area contributed by atoms with Gasteiger partial charge in [0.2, 0.25) is 0 Å². The van der Waals surface area contributed by atoms with Crippen molar-refractivity contribution in [2.75, 3.05) is 13.2 Å². The summed E-state index contributed by atoms with van der Waals surface area (Å²) < 4.78 is 12.0. The summed E-state index contributed by atoms with van der Waals surface area (Å²) in [6.07, 6.45) is 0. The van der Waals surface area contributed by atoms with Gasteiger partial charge in [0.1, 0.15) is 22.9 Å². The van der Waals surface area contributed by atoms with Gasteiger partial charge in [-0.2, -0.15) is 0 Å². The van der Waals surface area contributed by atoms with Gasteiger partial charge in [0, 0.05) is 21.7 Å². The van der Waals surface area contributed by atoms with Gasteiger partial charge in [0.25, 0.3) is 0 Å². The molecule has 0 aliphatic rings. The summed E-state index contributed by atoms with van der Waals surface area (Å²) in [6, 6.07) is 17.8. The van der Waals surface area contributed by atoms with E-state index in [1.54, 1.807) is 11.3 Å². The van der Waals surface area contributed by atoms with Crippen LogP contribution in [0.4, 0.5) is 0 Å². The van der Waals surface area contributed by atoms with E-state index >= 15 is 0 Å². The number of nitrogens with zero attached hydrogens (tertiary/aromatic N) is 2. The molecular formula is C25H22N2O4S. The highest BCUT2D eigenvalue weighted by atomic mass is 32.1. The molecule has 3 heterocycles. The maximum absolute atomic E-state index is 6.17. The Kier molecular flexibility index (Phi) is 5.85. The molecule has 7 heteroatoms. The van der Waals surface area contributed by atoms with Crippen LogP contribution in [0.2, 0.25) is 0 Å². The molecule has 5 aromatic rings. The van der Waals surface area contributed by atoms with Crippen LogP contribution in [0.1, 0.15) is 19.5 Å². The Morgan fingerprint density at radius 3 is 2.66 bits per heavy atom. The molecule has 162 valence electrons. The molecule has 0 N–H and O–H groups in total. The number of fused-ring (bicyclic) bond motifs is 3. The van der Waals surface area contributed by atoms with Gasteiger partial charge in [-0.15, -0.1) is 11.3 Å². The van der Waals surface area contributed by atoms with E-state index in [4.69, 9.17) is 23.9 Å². The molecule has 0 aliphatic heterocycles. The normalized spacial score (nSPS) is 11.4. The van der Waals surface area contributed by atoms with Gasteiger partial charge < -0.3 is 9.15 Å². The number of rotatable bonds is 8. The molecule has 2 aromatic carbocycles. The average Bonchev–Trinajstić information content (AvgIpc) is 3.46. The first-order valence-electron chi connectivity index (χ1n) is 10.5. The summed E-state index contributed by atoms with van der Waals surface area (Å²) in [5, 5.41) is 4.98. The van der Waals surface area contributed by atoms with Crippen molar-refractivity contribution >= 4 is 33.3 Å². The van der Waals surface area contributed by atoms with Crippen molar-refractivity contribution in [1.29, 1.82) is 0 Å². The molecular weight excluding hydrogens is 424 g/mol. The zero-order chi connectivity index (χ0) is 21.9. The van der Waals surface area contributed by atoms with Crippen LogP contribution in [0.25, 0.3) is 43.9 Å². The summed E-state index contributed by atoms with van der Waals surface area (Å²) in [7, 11) is 0. The second-order valence-corrected chi connectivity index (χ2v) is 7.93. The summed E-state index contributed by atoms with van der Waals surface area (Å²) in [4.78, 5) is 19.7. The number of furan rings is 1. The zero-order valence-electron chi connectivity index (χ0n) is 17.8. The number of benzene rings is 2. The van der Waals surface area contributed by atoms with Crippen LogP contribution < -0.4 is 4.74 Å². The maximum atomic E-state index is 6.17. The van der Waals surface area contributed by atoms with Gasteiger partial charge in [-0.3, -0.25) is 0 Å². The SMILES string of the molecule is CCOOCc1cccc(-c2csc(-c3ccc(OCC)c4oc5ccccc5c34)n2)n1. The first-order valence-corrected chi connectivity index (χ1v) is 11.4. The van der Waals surface area contributed by atoms with Crippen molar-refractivity contribution < 1.29 is 18.9 Å². The molecule has 0 bridgehead atoms. The first-order chi connectivity index (χ1) is 15.8. The lowest BCUT2D eigenvalue weighted by Crippen LogP contribution is -1.98. The van der Waals surface area contributed by atoms with E-state index in [9.17, 15) is 0 Å². The lowest BCUT2D eigenvalue weighted by atomic mass is 10.1. The van der Waals surface area contributed by atoms with Gasteiger partial charge in [-0.1, -0.05) is 24.3 Å². The van der Waals surface area contributed by atoms with Crippen LogP contribution in [0.3, 0.4) is 0 Å². The number of thiazole rings is 1. The molecule has 0 amide bonds. The van der Waals surface area contributed by atoms with Crippen LogP contribution in [0.15, 0.2) is 64.4 Å². The van der Waals surface area contributed by atoms with E-state index in [-0.39, 0.29) is 0 Å². The van der Waals surface area contributed by atoms with E-state index in [0.29, 0.717) is 19.8 Å². The summed E-state index contributed by atoms with van der Waals surface area (Å²) in [5.41, 5.74) is 4.99. The molecule has 0 spiro atoms. The number of hydrogen-bond acceptors (Lipinski definition) is 7. The zero-order valence-corrected chi connectivity index (χ0v) is 18.6. The smallest absolute Gasteiger partial charge is 0.177 e. The highest BCUT2D eigenvalue weighted by Gasteiger charge is 2.19. The van der Waals surface area contributed by atoms with Gasteiger partial charge in [0.05, 0.1) is 24.6 Å². The monoisotopic (exact) mass is 446 g/mol. The molecule has 0 unspecified atom stereocenters. The fourth-order valence-electron chi connectivity index (χ4n) is 3.65. The average molecular weight is 447 g/mol. The van der Waals surface area contributed by atoms with Gasteiger partial charge in [-0.05, 0) is 44.2 Å². The Bertz CT molecular complexity index is 1380. The first kappa shape index (κ1) is 20.6. The standard InChI is InChI=1S/C25H22N2O4S/c1-3-28-22-13-12-18(23-17-9-5-6-11-21(17)31-24(22)23)25-27-20(15-32-25)19-10-7-8-16(26-19)14-30-29-4-2/h5-13,15H,3-4,14H2,1-2H3. The van der Waals surface area contributed by atoms with Crippen molar-refractivity contribution in [3.05, 3.63) is 65.7 Å². The second kappa shape index (κ2) is 9.08. The molecule has 3 aromatic heterocycles. The van der Waals surface area contributed by atoms with Crippen LogP contribution in [0, 0.1) is 0 Å². The molecule has 5 rings (SSSR count). The molecule has 6 nitrogen and oxygen atoms in total. The van der Waals surface area contributed by atoms with Crippen molar-refractivity contribution in [1.82, 2.24) is 9.97 Å². The van der Waals surface area contributed by atoms with Gasteiger partial charge in [-0.25, -0.2) is 19.7 Å². The van der Waals surface area contributed by atoms with Crippen LogP contribution in [0.5, 0.6) is 5.75 Å². The minimum atomic E-state index is 0.291. The van der Waals surface area contributed by atoms with Gasteiger partial charge in [0.15, 0.2) is 11.3 Å². The number of pyridine rings is 1. The Balaban J connectivity index is 1.57. The summed E-state index contributed by atoms with van der Waals surface area (Å²) >= 11 is 1.58. The molecule has 0 radical (unpaired) electrons. The van der Waals surface area contributed by atoms with E-state index < -0.39 is 0 Å². The molecule has 0 atom stereocenters. The highest BCUT2D eigenvalue weighted by Crippen LogP contribution is 2.42. The fourth-order valence-corrected chi connectivity index (χ4v) is 4.50. The quantitative estimate of drug-likeness (QED) is 0.151. The van der Waals surface area contributed by atoms with Crippen molar-refractivity contribution in [2.24, 2.45) is 0 Å². The van der Waals surface area contributed by atoms with Crippen LogP contribution >= 0.6 is 11.3 Å². The van der Waals surface area contributed by atoms with E-state index in [1.807, 2.05) is 61.7 Å². The summed E-state index contributed by atoms with van der Waals surface area (Å²) in [6.45, 7) is 5.20. The fraction of sp³-hybridized carbons (Fsp3) is 0.200. The predicted molar refractivity (Wildman–Crippen MR) is 126 cm³/mol. The van der Waals surface area contributed by atoms with Gasteiger partial charge >= 0.3 is 0 Å². The highest BCUT2D eigenvalue weighted by molar-refractivity contribution is 7.13.